The Bertz CT molecular complexity index is 306. The summed E-state index contributed by atoms with van der Waals surface area (Å²) >= 11 is 3.15. The Morgan fingerprint density at radius 2 is 2.33 bits per heavy atom. The molecule has 66 valence electrons. The van der Waals surface area contributed by atoms with Crippen molar-refractivity contribution in [2.75, 3.05) is 13.1 Å². The van der Waals surface area contributed by atoms with Crippen LogP contribution in [0, 0.1) is 0 Å². The Kier molecular flexibility index (Phi) is 1.71. The van der Waals surface area contributed by atoms with Crippen LogP contribution in [0.15, 0.2) is 4.73 Å². The van der Waals surface area contributed by atoms with Crippen molar-refractivity contribution in [1.82, 2.24) is 20.1 Å². The van der Waals surface area contributed by atoms with Crippen LogP contribution in [-0.2, 0) is 12.6 Å². The predicted molar refractivity (Wildman–Crippen MR) is 45.5 cm³/mol. The lowest BCUT2D eigenvalue weighted by Gasteiger charge is -2.35. The molecule has 1 fully saturated rings. The molecule has 5 nitrogen and oxygen atoms in total. The summed E-state index contributed by atoms with van der Waals surface area (Å²) in [4.78, 5) is 4.08. The molecule has 2 N–H and O–H groups in total. The lowest BCUT2D eigenvalue weighted by Crippen LogP contribution is -2.58. The minimum atomic E-state index is -0.826. The van der Waals surface area contributed by atoms with Crippen molar-refractivity contribution in [1.29, 1.82) is 0 Å². The van der Waals surface area contributed by atoms with Gasteiger partial charge in [0.2, 0.25) is 4.73 Å². The molecule has 0 aliphatic carbocycles. The van der Waals surface area contributed by atoms with Gasteiger partial charge >= 0.3 is 0 Å². The van der Waals surface area contributed by atoms with Gasteiger partial charge in [0.25, 0.3) is 0 Å². The van der Waals surface area contributed by atoms with Gasteiger partial charge in [0, 0.05) is 20.1 Å². The van der Waals surface area contributed by atoms with E-state index in [2.05, 4.69) is 31.3 Å². The maximum Gasteiger partial charge on any atom is 0.217 e. The third-order valence-electron chi connectivity index (χ3n) is 1.99. The Morgan fingerprint density at radius 3 is 2.67 bits per heavy atom. The molecule has 2 rings (SSSR count). The zero-order chi connectivity index (χ0) is 8.77. The number of nitrogens with zero attached hydrogens (tertiary/aromatic N) is 3. The Balaban J connectivity index is 2.38. The van der Waals surface area contributed by atoms with Crippen LogP contribution in [0.25, 0.3) is 0 Å². The van der Waals surface area contributed by atoms with Crippen molar-refractivity contribution >= 4 is 15.9 Å². The van der Waals surface area contributed by atoms with Crippen LogP contribution in [0.1, 0.15) is 5.82 Å². The molecule has 6 heteroatoms. The van der Waals surface area contributed by atoms with Crippen LogP contribution in [0.3, 0.4) is 0 Å². The molecule has 0 radical (unpaired) electrons. The SMILES string of the molecule is Cn1nc(Br)nc1C1(O)CNC1. The summed E-state index contributed by atoms with van der Waals surface area (Å²) in [6.45, 7) is 1.10. The summed E-state index contributed by atoms with van der Waals surface area (Å²) in [6, 6.07) is 0. The molecular formula is C6H9BrN4O. The number of hydrogen-bond acceptors (Lipinski definition) is 4. The van der Waals surface area contributed by atoms with Crippen LogP contribution in [0.2, 0.25) is 0 Å². The first kappa shape index (κ1) is 8.15. The van der Waals surface area contributed by atoms with E-state index in [0.29, 0.717) is 23.6 Å². The third-order valence-corrected chi connectivity index (χ3v) is 2.32. The highest BCUT2D eigenvalue weighted by atomic mass is 79.9. The molecule has 0 unspecified atom stereocenters. The van der Waals surface area contributed by atoms with Crippen molar-refractivity contribution in [3.63, 3.8) is 0 Å². The maximum atomic E-state index is 9.87. The number of aryl methyl sites for hydroxylation is 1. The van der Waals surface area contributed by atoms with E-state index < -0.39 is 5.60 Å². The third kappa shape index (κ3) is 1.07. The number of halogens is 1. The van der Waals surface area contributed by atoms with E-state index in [1.165, 1.54) is 0 Å². The number of rotatable bonds is 1. The second kappa shape index (κ2) is 2.51. The first-order valence-electron chi connectivity index (χ1n) is 3.62. The van der Waals surface area contributed by atoms with E-state index in [0.717, 1.165) is 0 Å². The number of aliphatic hydroxyl groups is 1. The molecule has 0 aromatic carbocycles. The van der Waals surface area contributed by atoms with Crippen molar-refractivity contribution in [3.05, 3.63) is 10.6 Å². The van der Waals surface area contributed by atoms with Gasteiger partial charge in [-0.1, -0.05) is 0 Å². The standard InChI is InChI=1S/C6H9BrN4O/c1-11-4(9-5(7)10-11)6(12)2-8-3-6/h8,12H,2-3H2,1H3. The van der Waals surface area contributed by atoms with Gasteiger partial charge in [-0.15, -0.1) is 5.10 Å². The predicted octanol–water partition coefficient (Wildman–Crippen LogP) is -0.632. The second-order valence-corrected chi connectivity index (χ2v) is 3.67. The summed E-state index contributed by atoms with van der Waals surface area (Å²) in [5, 5.41) is 16.9. The second-order valence-electron chi connectivity index (χ2n) is 2.96. The van der Waals surface area contributed by atoms with Crippen LogP contribution in [0.5, 0.6) is 0 Å². The molecule has 2 heterocycles. The largest absolute Gasteiger partial charge is 0.379 e. The lowest BCUT2D eigenvalue weighted by molar-refractivity contribution is -0.0257. The van der Waals surface area contributed by atoms with Gasteiger partial charge in [0.05, 0.1) is 0 Å². The molecule has 0 spiro atoms. The fraction of sp³-hybridized carbons (Fsp3) is 0.667. The topological polar surface area (TPSA) is 63.0 Å². The van der Waals surface area contributed by atoms with Gasteiger partial charge in [-0.3, -0.25) is 0 Å². The normalized spacial score (nSPS) is 20.6. The van der Waals surface area contributed by atoms with E-state index in [4.69, 9.17) is 0 Å². The number of nitrogens with one attached hydrogen (secondary N) is 1. The fourth-order valence-electron chi connectivity index (χ4n) is 1.28. The Morgan fingerprint density at radius 1 is 1.67 bits per heavy atom. The summed E-state index contributed by atoms with van der Waals surface area (Å²) in [5.74, 6) is 0.605. The van der Waals surface area contributed by atoms with E-state index in [-0.39, 0.29) is 0 Å². The van der Waals surface area contributed by atoms with Crippen LogP contribution in [0.4, 0.5) is 0 Å². The molecule has 1 aliphatic rings. The van der Waals surface area contributed by atoms with E-state index in [1.54, 1.807) is 11.7 Å². The van der Waals surface area contributed by atoms with E-state index in [9.17, 15) is 5.11 Å². The van der Waals surface area contributed by atoms with Crippen LogP contribution < -0.4 is 5.32 Å². The van der Waals surface area contributed by atoms with Crippen LogP contribution >= 0.6 is 15.9 Å². The molecule has 0 atom stereocenters. The zero-order valence-electron chi connectivity index (χ0n) is 6.58. The summed E-state index contributed by atoms with van der Waals surface area (Å²) in [7, 11) is 1.77. The van der Waals surface area contributed by atoms with Gasteiger partial charge in [-0.05, 0) is 15.9 Å². The van der Waals surface area contributed by atoms with Crippen molar-refractivity contribution in [2.45, 2.75) is 5.60 Å². The van der Waals surface area contributed by atoms with Gasteiger partial charge in [-0.2, -0.15) is 0 Å². The minimum Gasteiger partial charge on any atom is -0.379 e. The highest BCUT2D eigenvalue weighted by molar-refractivity contribution is 9.10. The molecule has 1 saturated heterocycles. The Hall–Kier alpha value is -0.460. The minimum absolute atomic E-state index is 0.514. The number of aromatic nitrogens is 3. The molecular weight excluding hydrogens is 224 g/mol. The quantitative estimate of drug-likeness (QED) is 0.677. The smallest absolute Gasteiger partial charge is 0.217 e. The molecule has 1 aromatic heterocycles. The molecule has 0 bridgehead atoms. The van der Waals surface area contributed by atoms with Gasteiger partial charge in [0.15, 0.2) is 5.82 Å². The molecule has 1 aromatic rings. The van der Waals surface area contributed by atoms with Crippen molar-refractivity contribution < 1.29 is 5.11 Å². The summed E-state index contributed by atoms with van der Waals surface area (Å²) in [5.41, 5.74) is -0.826. The van der Waals surface area contributed by atoms with Gasteiger partial charge in [0.1, 0.15) is 5.60 Å². The summed E-state index contributed by atoms with van der Waals surface area (Å²) < 4.78 is 2.10. The lowest BCUT2D eigenvalue weighted by atomic mass is 9.96. The van der Waals surface area contributed by atoms with Crippen molar-refractivity contribution in [3.8, 4) is 0 Å². The fourth-order valence-corrected chi connectivity index (χ4v) is 1.68. The molecule has 12 heavy (non-hydrogen) atoms. The highest BCUT2D eigenvalue weighted by Gasteiger charge is 2.40. The van der Waals surface area contributed by atoms with Gasteiger partial charge in [-0.25, -0.2) is 9.67 Å². The molecule has 1 aliphatic heterocycles. The van der Waals surface area contributed by atoms with E-state index in [1.807, 2.05) is 0 Å². The molecule has 0 amide bonds. The van der Waals surface area contributed by atoms with Gasteiger partial charge < -0.3 is 10.4 Å². The average Bonchev–Trinajstić information content (AvgIpc) is 2.25. The van der Waals surface area contributed by atoms with E-state index >= 15 is 0 Å². The van der Waals surface area contributed by atoms with Crippen LogP contribution in [-0.4, -0.2) is 33.0 Å². The Labute approximate surface area is 77.9 Å². The monoisotopic (exact) mass is 232 g/mol. The first-order chi connectivity index (χ1) is 5.62. The number of hydrogen-bond donors (Lipinski definition) is 2. The van der Waals surface area contributed by atoms with Crippen molar-refractivity contribution in [2.24, 2.45) is 7.05 Å². The molecule has 0 saturated carbocycles. The average molecular weight is 233 g/mol. The number of β-amino-alcohol motifs (C(OH)–C–C–N with tert-alkyl or cyclic N) is 1. The highest BCUT2D eigenvalue weighted by Crippen LogP contribution is 2.23. The maximum absolute atomic E-state index is 9.87. The first-order valence-corrected chi connectivity index (χ1v) is 4.41. The summed E-state index contributed by atoms with van der Waals surface area (Å²) in [6.07, 6.45) is 0. The zero-order valence-corrected chi connectivity index (χ0v) is 8.17.